The van der Waals surface area contributed by atoms with E-state index < -0.39 is 5.60 Å². The number of halogens is 2. The molecule has 0 spiro atoms. The van der Waals surface area contributed by atoms with Crippen LogP contribution in [0.25, 0.3) is 6.08 Å². The normalized spacial score (nSPS) is 15.6. The summed E-state index contributed by atoms with van der Waals surface area (Å²) in [5.74, 6) is -0.150. The summed E-state index contributed by atoms with van der Waals surface area (Å²) in [4.78, 5) is 28.5. The molecule has 32 heavy (non-hydrogen) atoms. The molecule has 1 aliphatic rings. The lowest BCUT2D eigenvalue weighted by Gasteiger charge is -2.40. The number of likely N-dealkylation sites (tertiary alicyclic amines) is 1. The quantitative estimate of drug-likeness (QED) is 0.582. The largest absolute Gasteiger partial charge is 0.388 e. The Kier molecular flexibility index (Phi) is 8.18. The fraction of sp³-hybridized carbons (Fsp3) is 0.333. The molecule has 0 aliphatic carbocycles. The third-order valence-electron chi connectivity index (χ3n) is 5.49. The summed E-state index contributed by atoms with van der Waals surface area (Å²) in [7, 11) is 0. The van der Waals surface area contributed by atoms with Gasteiger partial charge in [0.25, 0.3) is 0 Å². The first kappa shape index (κ1) is 24.1. The summed E-state index contributed by atoms with van der Waals surface area (Å²) in [6.45, 7) is 3.35. The van der Waals surface area contributed by atoms with Gasteiger partial charge in [0, 0.05) is 48.0 Å². The van der Waals surface area contributed by atoms with Crippen LogP contribution < -0.4 is 5.32 Å². The van der Waals surface area contributed by atoms with Gasteiger partial charge in [-0.1, -0.05) is 53.5 Å². The second-order valence-corrected chi connectivity index (χ2v) is 8.77. The van der Waals surface area contributed by atoms with Gasteiger partial charge in [0.15, 0.2) is 0 Å². The van der Waals surface area contributed by atoms with Crippen LogP contribution in [0, 0.1) is 0 Å². The average Bonchev–Trinajstić information content (AvgIpc) is 2.76. The standard InChI is InChI=1S/C24H27Cl2N3O3/c1-2-28(22(30)9-8-18-6-4-3-5-7-18)17-24(32)10-12-29(13-11-24)23(31)27-21-15-19(25)14-20(26)16-21/h3-9,14-16,32H,2,10-13,17H2,1H3,(H,27,31). The summed E-state index contributed by atoms with van der Waals surface area (Å²) < 4.78 is 0. The lowest BCUT2D eigenvalue weighted by Crippen LogP contribution is -2.53. The van der Waals surface area contributed by atoms with Gasteiger partial charge >= 0.3 is 6.03 Å². The summed E-state index contributed by atoms with van der Waals surface area (Å²) in [5, 5.41) is 14.7. The molecule has 1 heterocycles. The molecule has 2 aromatic rings. The van der Waals surface area contributed by atoms with Crippen molar-refractivity contribution >= 4 is 46.9 Å². The van der Waals surface area contributed by atoms with Crippen molar-refractivity contribution in [2.24, 2.45) is 0 Å². The van der Waals surface area contributed by atoms with Crippen LogP contribution in [0.4, 0.5) is 10.5 Å². The molecule has 2 aromatic carbocycles. The number of hydrogen-bond acceptors (Lipinski definition) is 3. The number of rotatable bonds is 6. The van der Waals surface area contributed by atoms with Crippen molar-refractivity contribution in [1.29, 1.82) is 0 Å². The Labute approximate surface area is 198 Å². The molecule has 0 aromatic heterocycles. The Morgan fingerprint density at radius 3 is 2.34 bits per heavy atom. The van der Waals surface area contributed by atoms with Crippen LogP contribution in [-0.4, -0.2) is 58.6 Å². The van der Waals surface area contributed by atoms with E-state index in [9.17, 15) is 14.7 Å². The van der Waals surface area contributed by atoms with E-state index in [2.05, 4.69) is 5.32 Å². The van der Waals surface area contributed by atoms with Crippen molar-refractivity contribution < 1.29 is 14.7 Å². The molecular formula is C24H27Cl2N3O3. The number of hydrogen-bond donors (Lipinski definition) is 2. The van der Waals surface area contributed by atoms with Gasteiger partial charge in [0.05, 0.1) is 5.60 Å². The van der Waals surface area contributed by atoms with Crippen LogP contribution in [-0.2, 0) is 4.79 Å². The molecule has 8 heteroatoms. The van der Waals surface area contributed by atoms with E-state index in [1.54, 1.807) is 34.1 Å². The minimum absolute atomic E-state index is 0.150. The number of likely N-dealkylation sites (N-methyl/N-ethyl adjacent to an activating group) is 1. The fourth-order valence-corrected chi connectivity index (χ4v) is 4.18. The topological polar surface area (TPSA) is 72.9 Å². The second-order valence-electron chi connectivity index (χ2n) is 7.90. The monoisotopic (exact) mass is 475 g/mol. The number of nitrogens with zero attached hydrogens (tertiary/aromatic N) is 2. The molecule has 0 bridgehead atoms. The predicted molar refractivity (Wildman–Crippen MR) is 129 cm³/mol. The van der Waals surface area contributed by atoms with Crippen molar-refractivity contribution in [2.75, 3.05) is 31.5 Å². The van der Waals surface area contributed by atoms with E-state index in [1.165, 1.54) is 6.08 Å². The Balaban J connectivity index is 1.54. The van der Waals surface area contributed by atoms with E-state index >= 15 is 0 Å². The minimum atomic E-state index is -1.04. The van der Waals surface area contributed by atoms with Crippen molar-refractivity contribution in [3.63, 3.8) is 0 Å². The zero-order chi connectivity index (χ0) is 23.1. The zero-order valence-corrected chi connectivity index (χ0v) is 19.4. The van der Waals surface area contributed by atoms with Gasteiger partial charge in [-0.05, 0) is 49.6 Å². The van der Waals surface area contributed by atoms with E-state index in [0.717, 1.165) is 5.56 Å². The third-order valence-corrected chi connectivity index (χ3v) is 5.93. The minimum Gasteiger partial charge on any atom is -0.388 e. The van der Waals surface area contributed by atoms with Crippen molar-refractivity contribution in [1.82, 2.24) is 9.80 Å². The zero-order valence-electron chi connectivity index (χ0n) is 17.9. The Morgan fingerprint density at radius 2 is 1.75 bits per heavy atom. The van der Waals surface area contributed by atoms with E-state index in [-0.39, 0.29) is 18.5 Å². The Morgan fingerprint density at radius 1 is 1.12 bits per heavy atom. The van der Waals surface area contributed by atoms with Crippen LogP contribution in [0.15, 0.2) is 54.6 Å². The van der Waals surface area contributed by atoms with Gasteiger partial charge in [-0.25, -0.2) is 4.79 Å². The molecule has 0 unspecified atom stereocenters. The summed E-state index contributed by atoms with van der Waals surface area (Å²) in [5.41, 5.74) is 0.416. The second kappa shape index (κ2) is 10.9. The first-order chi connectivity index (χ1) is 15.3. The number of aliphatic hydroxyl groups is 1. The Hall–Kier alpha value is -2.54. The maximum atomic E-state index is 12.6. The maximum Gasteiger partial charge on any atom is 0.321 e. The van der Waals surface area contributed by atoms with Gasteiger partial charge < -0.3 is 20.2 Å². The first-order valence-electron chi connectivity index (χ1n) is 10.5. The summed E-state index contributed by atoms with van der Waals surface area (Å²) in [6.07, 6.45) is 4.05. The Bertz CT molecular complexity index is 953. The van der Waals surface area contributed by atoms with Crippen LogP contribution >= 0.6 is 23.2 Å². The highest BCUT2D eigenvalue weighted by Gasteiger charge is 2.36. The molecule has 0 saturated carbocycles. The van der Waals surface area contributed by atoms with Crippen LogP contribution in [0.5, 0.6) is 0 Å². The number of amides is 3. The summed E-state index contributed by atoms with van der Waals surface area (Å²) in [6, 6.07) is 14.2. The highest BCUT2D eigenvalue weighted by molar-refractivity contribution is 6.35. The number of benzene rings is 2. The molecule has 170 valence electrons. The molecule has 1 saturated heterocycles. The van der Waals surface area contributed by atoms with Crippen molar-refractivity contribution in [3.8, 4) is 0 Å². The van der Waals surface area contributed by atoms with E-state index in [0.29, 0.717) is 48.2 Å². The lowest BCUT2D eigenvalue weighted by molar-refractivity contribution is -0.130. The predicted octanol–water partition coefficient (Wildman–Crippen LogP) is 4.91. The lowest BCUT2D eigenvalue weighted by atomic mass is 9.90. The van der Waals surface area contributed by atoms with Crippen molar-refractivity contribution in [3.05, 3.63) is 70.2 Å². The SMILES string of the molecule is CCN(CC1(O)CCN(C(=O)Nc2cc(Cl)cc(Cl)c2)CC1)C(=O)C=Cc1ccccc1. The van der Waals surface area contributed by atoms with Crippen LogP contribution in [0.1, 0.15) is 25.3 Å². The van der Waals surface area contributed by atoms with Gasteiger partial charge in [-0.2, -0.15) is 0 Å². The number of nitrogens with one attached hydrogen (secondary N) is 1. The van der Waals surface area contributed by atoms with Gasteiger partial charge in [0.2, 0.25) is 5.91 Å². The van der Waals surface area contributed by atoms with Gasteiger partial charge in [-0.3, -0.25) is 4.79 Å². The molecular weight excluding hydrogens is 449 g/mol. The number of urea groups is 1. The molecule has 0 atom stereocenters. The first-order valence-corrected chi connectivity index (χ1v) is 11.3. The van der Waals surface area contributed by atoms with E-state index in [1.807, 2.05) is 37.3 Å². The highest BCUT2D eigenvalue weighted by atomic mass is 35.5. The molecule has 1 fully saturated rings. The molecule has 0 radical (unpaired) electrons. The molecule has 6 nitrogen and oxygen atoms in total. The van der Waals surface area contributed by atoms with Crippen LogP contribution in [0.2, 0.25) is 10.0 Å². The maximum absolute atomic E-state index is 12.6. The smallest absolute Gasteiger partial charge is 0.321 e. The van der Waals surface area contributed by atoms with Gasteiger partial charge in [-0.15, -0.1) is 0 Å². The average molecular weight is 476 g/mol. The van der Waals surface area contributed by atoms with Crippen LogP contribution in [0.3, 0.4) is 0 Å². The fourth-order valence-electron chi connectivity index (χ4n) is 3.65. The van der Waals surface area contributed by atoms with E-state index in [4.69, 9.17) is 23.2 Å². The van der Waals surface area contributed by atoms with Gasteiger partial charge in [0.1, 0.15) is 0 Å². The number of anilines is 1. The number of carbonyl (C=O) groups is 2. The number of piperidine rings is 1. The number of carbonyl (C=O) groups excluding carboxylic acids is 2. The molecule has 3 amide bonds. The molecule has 1 aliphatic heterocycles. The molecule has 2 N–H and O–H groups in total. The molecule has 3 rings (SSSR count). The highest BCUT2D eigenvalue weighted by Crippen LogP contribution is 2.26. The third kappa shape index (κ3) is 6.73. The van der Waals surface area contributed by atoms with Crippen molar-refractivity contribution in [2.45, 2.75) is 25.4 Å². The summed E-state index contributed by atoms with van der Waals surface area (Å²) >= 11 is 12.0.